The monoisotopic (exact) mass is 236 g/mol. The summed E-state index contributed by atoms with van der Waals surface area (Å²) in [7, 11) is 0. The van der Waals surface area contributed by atoms with Crippen LogP contribution in [0.3, 0.4) is 0 Å². The van der Waals surface area contributed by atoms with Gasteiger partial charge in [-0.15, -0.1) is 0 Å². The number of rotatable bonds is 0. The van der Waals surface area contributed by atoms with Crippen LogP contribution in [-0.2, 0) is 16.4 Å². The lowest BCUT2D eigenvalue weighted by Crippen LogP contribution is -2.29. The zero-order chi connectivity index (χ0) is 13.6. The van der Waals surface area contributed by atoms with Gasteiger partial charge >= 0.3 is 0 Å². The Morgan fingerprint density at radius 1 is 0.824 bits per heavy atom. The molecule has 1 rings (SSSR count). The van der Waals surface area contributed by atoms with E-state index < -0.39 is 0 Å². The number of imidazole rings is 1. The minimum atomic E-state index is 0.0801. The molecule has 2 heteroatoms. The summed E-state index contributed by atoms with van der Waals surface area (Å²) < 4.78 is 2.33. The van der Waals surface area contributed by atoms with Gasteiger partial charge in [-0.25, -0.2) is 4.98 Å². The lowest BCUT2D eigenvalue weighted by atomic mass is 9.92. The van der Waals surface area contributed by atoms with Crippen LogP contribution in [0.15, 0.2) is 6.20 Å². The second-order valence-corrected chi connectivity index (χ2v) is 7.99. The molecular weight excluding hydrogens is 208 g/mol. The van der Waals surface area contributed by atoms with Crippen LogP contribution in [-0.4, -0.2) is 9.55 Å². The Morgan fingerprint density at radius 3 is 1.53 bits per heavy atom. The molecule has 0 bridgehead atoms. The van der Waals surface area contributed by atoms with E-state index in [1.54, 1.807) is 0 Å². The molecule has 0 unspecified atom stereocenters. The first-order valence-electron chi connectivity index (χ1n) is 6.44. The van der Waals surface area contributed by atoms with Crippen LogP contribution in [0.25, 0.3) is 0 Å². The van der Waals surface area contributed by atoms with Crippen molar-refractivity contribution in [1.82, 2.24) is 9.55 Å². The molecule has 1 heterocycles. The molecule has 0 aliphatic heterocycles. The van der Waals surface area contributed by atoms with Crippen molar-refractivity contribution in [3.8, 4) is 0 Å². The smallest absolute Gasteiger partial charge is 0.114 e. The highest BCUT2D eigenvalue weighted by molar-refractivity contribution is 5.19. The summed E-state index contributed by atoms with van der Waals surface area (Å²) in [5.74, 6) is 1.18. The molecule has 1 aromatic heterocycles. The molecule has 0 aliphatic carbocycles. The summed E-state index contributed by atoms with van der Waals surface area (Å²) in [5.41, 5.74) is 1.45. The lowest BCUT2D eigenvalue weighted by molar-refractivity contribution is 0.354. The van der Waals surface area contributed by atoms with Crippen molar-refractivity contribution in [2.75, 3.05) is 0 Å². The fourth-order valence-corrected chi connectivity index (χ4v) is 1.78. The van der Waals surface area contributed by atoms with Crippen LogP contribution in [0.4, 0.5) is 0 Å². The first-order valence-corrected chi connectivity index (χ1v) is 6.44. The molecule has 98 valence electrons. The van der Waals surface area contributed by atoms with Crippen LogP contribution < -0.4 is 0 Å². The van der Waals surface area contributed by atoms with E-state index in [1.807, 2.05) is 0 Å². The third-order valence-electron chi connectivity index (χ3n) is 2.87. The molecular formula is C15H28N2. The Hall–Kier alpha value is -0.790. The fraction of sp³-hybridized carbons (Fsp3) is 0.800. The molecule has 0 atom stereocenters. The lowest BCUT2D eigenvalue weighted by Gasteiger charge is -2.28. The highest BCUT2D eigenvalue weighted by atomic mass is 15.1. The summed E-state index contributed by atoms with van der Waals surface area (Å²) in [6.07, 6.45) is 2.22. The maximum absolute atomic E-state index is 4.88. The van der Waals surface area contributed by atoms with Gasteiger partial charge < -0.3 is 4.57 Å². The summed E-state index contributed by atoms with van der Waals surface area (Å²) in [6.45, 7) is 20.0. The number of hydrogen-bond acceptors (Lipinski definition) is 1. The second-order valence-electron chi connectivity index (χ2n) is 7.99. The topological polar surface area (TPSA) is 17.8 Å². The van der Waals surface area contributed by atoms with Crippen LogP contribution >= 0.6 is 0 Å². The second kappa shape index (κ2) is 3.86. The average molecular weight is 236 g/mol. The van der Waals surface area contributed by atoms with Crippen molar-refractivity contribution in [3.63, 3.8) is 0 Å². The zero-order valence-corrected chi connectivity index (χ0v) is 13.0. The van der Waals surface area contributed by atoms with Gasteiger partial charge in [-0.3, -0.25) is 0 Å². The van der Waals surface area contributed by atoms with Gasteiger partial charge in [0.15, 0.2) is 0 Å². The molecule has 0 saturated carbocycles. The third kappa shape index (κ3) is 3.11. The van der Waals surface area contributed by atoms with Gasteiger partial charge in [0.25, 0.3) is 0 Å². The van der Waals surface area contributed by atoms with E-state index in [-0.39, 0.29) is 16.4 Å². The van der Waals surface area contributed by atoms with E-state index in [2.05, 4.69) is 73.1 Å². The largest absolute Gasteiger partial charge is 0.329 e. The van der Waals surface area contributed by atoms with Gasteiger partial charge in [0.1, 0.15) is 5.82 Å². The zero-order valence-electron chi connectivity index (χ0n) is 13.0. The normalized spacial score (nSPS) is 14.2. The van der Waals surface area contributed by atoms with Crippen LogP contribution in [0, 0.1) is 0 Å². The summed E-state index contributed by atoms with van der Waals surface area (Å²) in [6, 6.07) is 0. The Balaban J connectivity index is 3.44. The fourth-order valence-electron chi connectivity index (χ4n) is 1.78. The van der Waals surface area contributed by atoms with Crippen molar-refractivity contribution >= 4 is 0 Å². The SMILES string of the molecule is CC(C)(C)c1cn(C(C)(C)C)c(C(C)(C)C)n1. The molecule has 0 fully saturated rings. The van der Waals surface area contributed by atoms with Gasteiger partial charge in [0.05, 0.1) is 5.69 Å². The van der Waals surface area contributed by atoms with E-state index in [0.717, 1.165) is 0 Å². The van der Waals surface area contributed by atoms with Gasteiger partial charge in [-0.2, -0.15) is 0 Å². The quantitative estimate of drug-likeness (QED) is 0.659. The predicted molar refractivity (Wildman–Crippen MR) is 74.6 cm³/mol. The molecule has 0 N–H and O–H groups in total. The van der Waals surface area contributed by atoms with Crippen molar-refractivity contribution in [2.24, 2.45) is 0 Å². The van der Waals surface area contributed by atoms with Crippen molar-refractivity contribution < 1.29 is 0 Å². The first kappa shape index (κ1) is 14.3. The molecule has 17 heavy (non-hydrogen) atoms. The number of hydrogen-bond donors (Lipinski definition) is 0. The number of nitrogens with zero attached hydrogens (tertiary/aromatic N) is 2. The average Bonchev–Trinajstić information content (AvgIpc) is 2.42. The Morgan fingerprint density at radius 2 is 1.29 bits per heavy atom. The Bertz CT molecular complexity index is 361. The Labute approximate surface area is 106 Å². The standard InChI is InChI=1S/C15H28N2/c1-13(2,3)11-10-17(15(7,8)9)12(16-11)14(4,5)6/h10H,1-9H3. The van der Waals surface area contributed by atoms with Crippen LogP contribution in [0.2, 0.25) is 0 Å². The van der Waals surface area contributed by atoms with Gasteiger partial charge in [0.2, 0.25) is 0 Å². The minimum absolute atomic E-state index is 0.0801. The highest BCUT2D eigenvalue weighted by Gasteiger charge is 2.29. The third-order valence-corrected chi connectivity index (χ3v) is 2.87. The molecule has 0 radical (unpaired) electrons. The summed E-state index contributed by atoms with van der Waals surface area (Å²) >= 11 is 0. The molecule has 0 amide bonds. The Kier molecular flexibility index (Phi) is 3.24. The van der Waals surface area contributed by atoms with E-state index in [4.69, 9.17) is 4.98 Å². The van der Waals surface area contributed by atoms with E-state index in [9.17, 15) is 0 Å². The van der Waals surface area contributed by atoms with E-state index in [1.165, 1.54) is 11.5 Å². The molecule has 0 aliphatic rings. The van der Waals surface area contributed by atoms with Gasteiger partial charge in [-0.05, 0) is 20.8 Å². The molecule has 0 aromatic carbocycles. The van der Waals surface area contributed by atoms with E-state index >= 15 is 0 Å². The van der Waals surface area contributed by atoms with Crippen molar-refractivity contribution in [3.05, 3.63) is 17.7 Å². The highest BCUT2D eigenvalue weighted by Crippen LogP contribution is 2.31. The first-order chi connectivity index (χ1) is 7.33. The van der Waals surface area contributed by atoms with Crippen molar-refractivity contribution in [2.45, 2.75) is 78.7 Å². The van der Waals surface area contributed by atoms with Crippen LogP contribution in [0.1, 0.15) is 73.8 Å². The molecule has 0 spiro atoms. The predicted octanol–water partition coefficient (Wildman–Crippen LogP) is 4.23. The van der Waals surface area contributed by atoms with Crippen LogP contribution in [0.5, 0.6) is 0 Å². The summed E-state index contributed by atoms with van der Waals surface area (Å²) in [5, 5.41) is 0. The maximum Gasteiger partial charge on any atom is 0.114 e. The molecule has 0 saturated heterocycles. The maximum atomic E-state index is 4.88. The summed E-state index contributed by atoms with van der Waals surface area (Å²) in [4.78, 5) is 4.88. The number of aromatic nitrogens is 2. The van der Waals surface area contributed by atoms with E-state index in [0.29, 0.717) is 0 Å². The molecule has 1 aromatic rings. The van der Waals surface area contributed by atoms with Gasteiger partial charge in [0, 0.05) is 22.6 Å². The molecule has 2 nitrogen and oxygen atoms in total. The van der Waals surface area contributed by atoms with Gasteiger partial charge in [-0.1, -0.05) is 41.5 Å². The minimum Gasteiger partial charge on any atom is -0.329 e. The van der Waals surface area contributed by atoms with Crippen molar-refractivity contribution in [1.29, 1.82) is 0 Å².